The Labute approximate surface area is 159 Å². The zero-order valence-electron chi connectivity index (χ0n) is 15.7. The van der Waals surface area contributed by atoms with Crippen LogP contribution in [0, 0.1) is 0 Å². The monoisotopic (exact) mass is 356 g/mol. The van der Waals surface area contributed by atoms with Crippen LogP contribution in [0.15, 0.2) is 59.7 Å². The lowest BCUT2D eigenvalue weighted by Crippen LogP contribution is -2.38. The van der Waals surface area contributed by atoms with Crippen LogP contribution in [0.25, 0.3) is 10.8 Å². The third-order valence-electron chi connectivity index (χ3n) is 5.87. The smallest absolute Gasteiger partial charge is 0.218 e. The average molecular weight is 356 g/mol. The molecule has 2 N–H and O–H groups in total. The van der Waals surface area contributed by atoms with Crippen molar-refractivity contribution in [1.82, 2.24) is 0 Å². The molecule has 1 aliphatic heterocycles. The molecule has 27 heavy (non-hydrogen) atoms. The van der Waals surface area contributed by atoms with Crippen LogP contribution >= 0.6 is 0 Å². The predicted octanol–water partition coefficient (Wildman–Crippen LogP) is 4.06. The Hall–Kier alpha value is -3.01. The van der Waals surface area contributed by atoms with Gasteiger partial charge in [0, 0.05) is 19.0 Å². The van der Waals surface area contributed by atoms with Crippen LogP contribution < -0.4 is 15.6 Å². The molecule has 0 unspecified atom stereocenters. The largest absolute Gasteiger partial charge is 0.368 e. The molecular formula is C23H24N4. The molecule has 4 nitrogen and oxygen atoms in total. The van der Waals surface area contributed by atoms with Gasteiger partial charge in [0.25, 0.3) is 0 Å². The van der Waals surface area contributed by atoms with Crippen molar-refractivity contribution in [3.63, 3.8) is 0 Å². The summed E-state index contributed by atoms with van der Waals surface area (Å²) >= 11 is 0. The number of nitrogens with zero attached hydrogens (tertiary/aromatic N) is 3. The summed E-state index contributed by atoms with van der Waals surface area (Å²) in [4.78, 5) is 2.01. The molecule has 1 heterocycles. The number of hydrogen-bond donors (Lipinski definition) is 1. The molecule has 0 bridgehead atoms. The molecule has 2 aliphatic rings. The number of para-hydroxylation sites is 1. The number of nitrogens with two attached hydrogens (primary N) is 1. The normalized spacial score (nSPS) is 15.9. The summed E-state index contributed by atoms with van der Waals surface area (Å²) in [7, 11) is 2.01. The van der Waals surface area contributed by atoms with Gasteiger partial charge in [0.1, 0.15) is 0 Å². The molecule has 0 fully saturated rings. The minimum Gasteiger partial charge on any atom is -0.368 e. The summed E-state index contributed by atoms with van der Waals surface area (Å²) < 4.78 is 0. The van der Waals surface area contributed by atoms with Gasteiger partial charge in [-0.3, -0.25) is 5.01 Å². The van der Waals surface area contributed by atoms with Crippen molar-refractivity contribution in [3.8, 4) is 0 Å². The quantitative estimate of drug-likeness (QED) is 0.556. The zero-order chi connectivity index (χ0) is 18.4. The molecule has 5 rings (SSSR count). The van der Waals surface area contributed by atoms with Crippen molar-refractivity contribution in [1.29, 1.82) is 0 Å². The highest BCUT2D eigenvalue weighted by molar-refractivity contribution is 6.06. The Morgan fingerprint density at radius 1 is 0.926 bits per heavy atom. The van der Waals surface area contributed by atoms with Gasteiger partial charge in [0.05, 0.1) is 11.4 Å². The van der Waals surface area contributed by atoms with E-state index in [0.717, 1.165) is 37.9 Å². The Bertz CT molecular complexity index is 1040. The second-order valence-corrected chi connectivity index (χ2v) is 7.46. The van der Waals surface area contributed by atoms with Crippen LogP contribution in [0.3, 0.4) is 0 Å². The first-order valence-corrected chi connectivity index (χ1v) is 9.69. The van der Waals surface area contributed by atoms with E-state index in [-0.39, 0.29) is 0 Å². The highest BCUT2D eigenvalue weighted by Gasteiger charge is 2.20. The van der Waals surface area contributed by atoms with Crippen LogP contribution in [0.1, 0.15) is 23.1 Å². The van der Waals surface area contributed by atoms with E-state index in [2.05, 4.69) is 54.6 Å². The van der Waals surface area contributed by atoms with Crippen LogP contribution in [-0.4, -0.2) is 19.6 Å². The number of fused-ring (bicyclic) bond motifs is 1. The Balaban J connectivity index is 1.53. The molecule has 0 amide bonds. The van der Waals surface area contributed by atoms with E-state index in [0.29, 0.717) is 5.96 Å². The van der Waals surface area contributed by atoms with E-state index < -0.39 is 0 Å². The maximum Gasteiger partial charge on any atom is 0.218 e. The van der Waals surface area contributed by atoms with Crippen LogP contribution in [0.2, 0.25) is 0 Å². The average Bonchev–Trinajstić information content (AvgIpc) is 3.13. The van der Waals surface area contributed by atoms with Gasteiger partial charge in [-0.2, -0.15) is 0 Å². The van der Waals surface area contributed by atoms with Crippen molar-refractivity contribution < 1.29 is 0 Å². The molecule has 4 heteroatoms. The molecule has 0 saturated heterocycles. The molecule has 0 radical (unpaired) electrons. The van der Waals surface area contributed by atoms with Gasteiger partial charge < -0.3 is 10.6 Å². The van der Waals surface area contributed by atoms with E-state index in [1.54, 1.807) is 0 Å². The van der Waals surface area contributed by atoms with Crippen molar-refractivity contribution in [2.24, 2.45) is 10.8 Å². The highest BCUT2D eigenvalue weighted by Crippen LogP contribution is 2.36. The van der Waals surface area contributed by atoms with Crippen LogP contribution in [0.5, 0.6) is 0 Å². The lowest BCUT2D eigenvalue weighted by atomic mass is 10.0. The Morgan fingerprint density at radius 2 is 1.70 bits per heavy atom. The maximum absolute atomic E-state index is 6.45. The highest BCUT2D eigenvalue weighted by atomic mass is 15.5. The molecule has 136 valence electrons. The first-order chi connectivity index (χ1) is 13.2. The van der Waals surface area contributed by atoms with E-state index in [1.165, 1.54) is 33.2 Å². The van der Waals surface area contributed by atoms with Crippen molar-refractivity contribution in [3.05, 3.63) is 71.3 Å². The van der Waals surface area contributed by atoms with Crippen LogP contribution in [-0.2, 0) is 19.3 Å². The number of hydrogen-bond acceptors (Lipinski definition) is 2. The maximum atomic E-state index is 6.45. The van der Waals surface area contributed by atoms with Crippen molar-refractivity contribution in [2.75, 3.05) is 23.5 Å². The van der Waals surface area contributed by atoms with E-state index in [9.17, 15) is 0 Å². The minimum absolute atomic E-state index is 0.519. The second kappa shape index (κ2) is 6.31. The van der Waals surface area contributed by atoms with E-state index >= 15 is 0 Å². The number of hydrazone groups is 1. The number of rotatable bonds is 2. The standard InChI is InChI=1S/C23H24N4/c1-26(21-14-13-18-12-11-17-7-4-9-19(21)22(17)18)23(24)25-27-15-5-8-16-6-2-3-10-20(16)27/h2-4,6-7,9-10,13-14H,5,8,11-12,15H2,1H3,(H2,24,25). The third-order valence-corrected chi connectivity index (χ3v) is 5.87. The minimum atomic E-state index is 0.519. The molecule has 0 atom stereocenters. The van der Waals surface area contributed by atoms with Gasteiger partial charge >= 0.3 is 0 Å². The van der Waals surface area contributed by atoms with Crippen molar-refractivity contribution in [2.45, 2.75) is 25.7 Å². The molecule has 0 aromatic heterocycles. The SMILES string of the molecule is CN(C(N)=NN1CCCc2ccccc21)c1ccc2c3c(cccc13)CC2. The zero-order valence-corrected chi connectivity index (χ0v) is 15.7. The fourth-order valence-electron chi connectivity index (χ4n) is 4.46. The lowest BCUT2D eigenvalue weighted by Gasteiger charge is -2.29. The summed E-state index contributed by atoms with van der Waals surface area (Å²) in [5, 5.41) is 9.49. The van der Waals surface area contributed by atoms with Gasteiger partial charge in [-0.15, -0.1) is 5.10 Å². The predicted molar refractivity (Wildman–Crippen MR) is 113 cm³/mol. The summed E-state index contributed by atoms with van der Waals surface area (Å²) in [5.74, 6) is 0.519. The molecule has 3 aromatic rings. The first-order valence-electron chi connectivity index (χ1n) is 9.69. The van der Waals surface area contributed by atoms with Crippen molar-refractivity contribution >= 4 is 28.1 Å². The summed E-state index contributed by atoms with van der Waals surface area (Å²) in [6.07, 6.45) is 4.47. The topological polar surface area (TPSA) is 44.9 Å². The fourth-order valence-corrected chi connectivity index (χ4v) is 4.46. The number of anilines is 2. The van der Waals surface area contributed by atoms with Crippen LogP contribution in [0.4, 0.5) is 11.4 Å². The summed E-state index contributed by atoms with van der Waals surface area (Å²) in [6, 6.07) is 19.5. The lowest BCUT2D eigenvalue weighted by molar-refractivity contribution is 0.713. The number of guanidine groups is 1. The van der Waals surface area contributed by atoms with Gasteiger partial charge in [0.15, 0.2) is 0 Å². The molecular weight excluding hydrogens is 332 g/mol. The Kier molecular flexibility index (Phi) is 3.78. The fraction of sp³-hybridized carbons (Fsp3) is 0.261. The Morgan fingerprint density at radius 3 is 2.59 bits per heavy atom. The van der Waals surface area contributed by atoms with Gasteiger partial charge in [-0.1, -0.05) is 42.5 Å². The molecule has 0 saturated carbocycles. The molecule has 0 spiro atoms. The van der Waals surface area contributed by atoms with Gasteiger partial charge in [-0.25, -0.2) is 0 Å². The third kappa shape index (κ3) is 2.64. The first kappa shape index (κ1) is 16.2. The molecule has 3 aromatic carbocycles. The van der Waals surface area contributed by atoms with E-state index in [1.807, 2.05) is 17.0 Å². The van der Waals surface area contributed by atoms with Gasteiger partial charge in [-0.05, 0) is 59.9 Å². The number of aryl methyl sites for hydroxylation is 3. The molecule has 1 aliphatic carbocycles. The van der Waals surface area contributed by atoms with Gasteiger partial charge in [0.2, 0.25) is 5.96 Å². The van der Waals surface area contributed by atoms with E-state index in [4.69, 9.17) is 10.8 Å². The number of benzene rings is 3. The summed E-state index contributed by atoms with van der Waals surface area (Å²) in [6.45, 7) is 0.898. The second-order valence-electron chi connectivity index (χ2n) is 7.46. The summed E-state index contributed by atoms with van der Waals surface area (Å²) in [5.41, 5.74) is 13.0.